The Hall–Kier alpha value is -2.47. The van der Waals surface area contributed by atoms with Crippen LogP contribution in [0.1, 0.15) is 41.8 Å². The van der Waals surface area contributed by atoms with E-state index in [9.17, 15) is 9.90 Å². The standard InChI is InChI=1S/C24H25NO3S/c1-3-8-16-13-14-29-22(16)24(28-15(2)21(25)23(26)27)19-11-6-4-9-17(19)18-10-5-7-12-20(18)24/h4-7,9-15,21H,3,8,25H2,1-2H3,(H,26,27)/t15-,21+/m1/s1. The Morgan fingerprint density at radius 2 is 1.69 bits per heavy atom. The summed E-state index contributed by atoms with van der Waals surface area (Å²) in [4.78, 5) is 12.7. The summed E-state index contributed by atoms with van der Waals surface area (Å²) in [5.74, 6) is -1.06. The van der Waals surface area contributed by atoms with E-state index < -0.39 is 23.7 Å². The van der Waals surface area contributed by atoms with Gasteiger partial charge in [0.2, 0.25) is 0 Å². The van der Waals surface area contributed by atoms with Crippen LogP contribution in [-0.2, 0) is 21.6 Å². The third kappa shape index (κ3) is 3.10. The number of thiophene rings is 1. The topological polar surface area (TPSA) is 72.5 Å². The summed E-state index contributed by atoms with van der Waals surface area (Å²) < 4.78 is 6.71. The van der Waals surface area contributed by atoms with Gasteiger partial charge in [0.05, 0.1) is 6.10 Å². The van der Waals surface area contributed by atoms with Crippen LogP contribution in [0.4, 0.5) is 0 Å². The molecule has 0 aliphatic heterocycles. The number of carboxylic acids is 1. The predicted molar refractivity (Wildman–Crippen MR) is 116 cm³/mol. The minimum Gasteiger partial charge on any atom is -0.480 e. The average molecular weight is 408 g/mol. The lowest BCUT2D eigenvalue weighted by Gasteiger charge is -2.36. The van der Waals surface area contributed by atoms with Crippen LogP contribution >= 0.6 is 11.3 Å². The second-order valence-corrected chi connectivity index (χ2v) is 8.40. The predicted octanol–water partition coefficient (Wildman–Crippen LogP) is 4.79. The Kier molecular flexibility index (Phi) is 5.30. The highest BCUT2D eigenvalue weighted by atomic mass is 32.1. The highest BCUT2D eigenvalue weighted by Crippen LogP contribution is 2.55. The largest absolute Gasteiger partial charge is 0.480 e. The molecule has 4 nitrogen and oxygen atoms in total. The Morgan fingerprint density at radius 3 is 2.24 bits per heavy atom. The molecule has 2 atom stereocenters. The number of rotatable bonds is 7. The zero-order valence-electron chi connectivity index (χ0n) is 16.6. The van der Waals surface area contributed by atoms with E-state index in [4.69, 9.17) is 10.5 Å². The van der Waals surface area contributed by atoms with Crippen molar-refractivity contribution in [2.24, 2.45) is 5.73 Å². The molecule has 1 aliphatic rings. The first kappa shape index (κ1) is 19.8. The average Bonchev–Trinajstić information content (AvgIpc) is 3.30. The lowest BCUT2D eigenvalue weighted by molar-refractivity contribution is -0.144. The fourth-order valence-corrected chi connectivity index (χ4v) is 5.41. The van der Waals surface area contributed by atoms with E-state index in [1.807, 2.05) is 24.3 Å². The Morgan fingerprint density at radius 1 is 1.10 bits per heavy atom. The van der Waals surface area contributed by atoms with Crippen LogP contribution in [0.15, 0.2) is 60.0 Å². The normalized spacial score (nSPS) is 16.1. The molecule has 0 radical (unpaired) electrons. The molecule has 3 aromatic rings. The van der Waals surface area contributed by atoms with Crippen LogP contribution in [0.2, 0.25) is 0 Å². The maximum Gasteiger partial charge on any atom is 0.323 e. The van der Waals surface area contributed by atoms with Crippen LogP contribution in [0.25, 0.3) is 11.1 Å². The molecular formula is C24H25NO3S. The zero-order chi connectivity index (χ0) is 20.6. The van der Waals surface area contributed by atoms with Crippen molar-refractivity contribution in [2.75, 3.05) is 0 Å². The second-order valence-electron chi connectivity index (χ2n) is 7.48. The van der Waals surface area contributed by atoms with Crippen molar-refractivity contribution in [2.45, 2.75) is 44.4 Å². The number of fused-ring (bicyclic) bond motifs is 3. The second kappa shape index (κ2) is 7.75. The van der Waals surface area contributed by atoms with E-state index in [0.717, 1.165) is 40.0 Å². The Bertz CT molecular complexity index is 996. The maximum atomic E-state index is 11.6. The number of hydrogen-bond acceptors (Lipinski definition) is 4. The number of nitrogens with two attached hydrogens (primary N) is 1. The monoisotopic (exact) mass is 407 g/mol. The van der Waals surface area contributed by atoms with Crippen molar-refractivity contribution in [3.8, 4) is 11.1 Å². The van der Waals surface area contributed by atoms with Gasteiger partial charge in [-0.2, -0.15) is 0 Å². The van der Waals surface area contributed by atoms with Crippen molar-refractivity contribution >= 4 is 17.3 Å². The molecule has 150 valence electrons. The Balaban J connectivity index is 1.99. The van der Waals surface area contributed by atoms with Gasteiger partial charge in [-0.1, -0.05) is 61.9 Å². The molecule has 1 aromatic heterocycles. The van der Waals surface area contributed by atoms with Crippen LogP contribution in [0.3, 0.4) is 0 Å². The highest BCUT2D eigenvalue weighted by molar-refractivity contribution is 7.10. The number of carbonyl (C=O) groups is 1. The van der Waals surface area contributed by atoms with Gasteiger partial charge in [-0.05, 0) is 41.5 Å². The number of hydrogen-bond donors (Lipinski definition) is 2. The van der Waals surface area contributed by atoms with Gasteiger partial charge in [0.25, 0.3) is 0 Å². The molecule has 1 heterocycles. The van der Waals surface area contributed by atoms with E-state index in [1.54, 1.807) is 18.3 Å². The summed E-state index contributed by atoms with van der Waals surface area (Å²) in [6, 6.07) is 17.5. The Labute approximate surface area is 175 Å². The lowest BCUT2D eigenvalue weighted by Crippen LogP contribution is -2.46. The van der Waals surface area contributed by atoms with Gasteiger partial charge >= 0.3 is 5.97 Å². The van der Waals surface area contributed by atoms with Gasteiger partial charge in [-0.15, -0.1) is 11.3 Å². The smallest absolute Gasteiger partial charge is 0.323 e. The molecule has 0 unspecified atom stereocenters. The van der Waals surface area contributed by atoms with Crippen LogP contribution in [0, 0.1) is 0 Å². The molecule has 5 heteroatoms. The van der Waals surface area contributed by atoms with Gasteiger partial charge in [0.1, 0.15) is 6.04 Å². The molecule has 0 amide bonds. The van der Waals surface area contributed by atoms with Crippen molar-refractivity contribution in [1.82, 2.24) is 0 Å². The third-order valence-electron chi connectivity index (χ3n) is 5.64. The molecule has 0 spiro atoms. The SMILES string of the molecule is CCCc1ccsc1C1(O[C@H](C)[C@H](N)C(=O)O)c2ccccc2-c2ccccc21. The van der Waals surface area contributed by atoms with Gasteiger partial charge in [-0.3, -0.25) is 4.79 Å². The summed E-state index contributed by atoms with van der Waals surface area (Å²) in [6.45, 7) is 3.91. The molecule has 4 rings (SSSR count). The fourth-order valence-electron chi connectivity index (χ4n) is 4.28. The number of carboxylic acid groups (broad SMARTS) is 1. The number of aryl methyl sites for hydroxylation is 1. The molecule has 29 heavy (non-hydrogen) atoms. The van der Waals surface area contributed by atoms with E-state index in [2.05, 4.69) is 42.6 Å². The molecule has 0 bridgehead atoms. The summed E-state index contributed by atoms with van der Waals surface area (Å²) in [7, 11) is 0. The fraction of sp³-hybridized carbons (Fsp3) is 0.292. The van der Waals surface area contributed by atoms with E-state index in [0.29, 0.717) is 0 Å². The summed E-state index contributed by atoms with van der Waals surface area (Å²) in [6.07, 6.45) is 1.28. The molecule has 2 aromatic carbocycles. The molecule has 0 saturated heterocycles. The lowest BCUT2D eigenvalue weighted by atomic mass is 9.86. The highest BCUT2D eigenvalue weighted by Gasteiger charge is 2.49. The van der Waals surface area contributed by atoms with Crippen LogP contribution in [-0.4, -0.2) is 23.2 Å². The van der Waals surface area contributed by atoms with Gasteiger partial charge in [0, 0.05) is 16.0 Å². The minimum absolute atomic E-state index is 0.678. The molecule has 1 aliphatic carbocycles. The molecular weight excluding hydrogens is 382 g/mol. The first-order valence-corrected chi connectivity index (χ1v) is 10.8. The van der Waals surface area contributed by atoms with Gasteiger partial charge < -0.3 is 15.6 Å². The maximum absolute atomic E-state index is 11.6. The van der Waals surface area contributed by atoms with Crippen molar-refractivity contribution in [3.63, 3.8) is 0 Å². The molecule has 3 N–H and O–H groups in total. The van der Waals surface area contributed by atoms with E-state index >= 15 is 0 Å². The molecule has 0 saturated carbocycles. The summed E-state index contributed by atoms with van der Waals surface area (Å²) >= 11 is 1.66. The summed E-state index contributed by atoms with van der Waals surface area (Å²) in [5.41, 5.74) is 10.7. The molecule has 0 fully saturated rings. The number of aliphatic carboxylic acids is 1. The van der Waals surface area contributed by atoms with E-state index in [-0.39, 0.29) is 0 Å². The van der Waals surface area contributed by atoms with Crippen LogP contribution in [0.5, 0.6) is 0 Å². The van der Waals surface area contributed by atoms with Gasteiger partial charge in [-0.25, -0.2) is 0 Å². The quantitative estimate of drug-likeness (QED) is 0.591. The van der Waals surface area contributed by atoms with Gasteiger partial charge in [0.15, 0.2) is 5.60 Å². The van der Waals surface area contributed by atoms with Crippen molar-refractivity contribution in [3.05, 3.63) is 81.5 Å². The van der Waals surface area contributed by atoms with Crippen LogP contribution < -0.4 is 5.73 Å². The van der Waals surface area contributed by atoms with Crippen molar-refractivity contribution < 1.29 is 14.6 Å². The summed E-state index contributed by atoms with van der Waals surface area (Å²) in [5, 5.41) is 11.6. The first-order chi connectivity index (χ1) is 14.0. The van der Waals surface area contributed by atoms with E-state index in [1.165, 1.54) is 5.56 Å². The number of ether oxygens (including phenoxy) is 1. The minimum atomic E-state index is -1.11. The van der Waals surface area contributed by atoms with Crippen molar-refractivity contribution in [1.29, 1.82) is 0 Å². The first-order valence-electron chi connectivity index (χ1n) is 9.93. The number of benzene rings is 2. The third-order valence-corrected chi connectivity index (χ3v) is 6.70. The zero-order valence-corrected chi connectivity index (χ0v) is 17.4.